The number of nitrogens with zero attached hydrogens (tertiary/aromatic N) is 1. The van der Waals surface area contributed by atoms with Crippen LogP contribution in [0.25, 0.3) is 0 Å². The Balaban J connectivity index is 2.55. The van der Waals surface area contributed by atoms with Gasteiger partial charge < -0.3 is 0 Å². The number of aromatic nitrogens is 2. The van der Waals surface area contributed by atoms with E-state index in [2.05, 4.69) is 20.9 Å². The first-order chi connectivity index (χ1) is 8.50. The molecule has 0 bridgehead atoms. The summed E-state index contributed by atoms with van der Waals surface area (Å²) in [4.78, 5) is 25.2. The van der Waals surface area contributed by atoms with Gasteiger partial charge in [-0.1, -0.05) is 18.2 Å². The molecule has 1 aromatic heterocycles. The number of hydrogen-bond donors (Lipinski definition) is 1. The molecule has 4 nitrogen and oxygen atoms in total. The topological polar surface area (TPSA) is 54.9 Å². The molecule has 0 fully saturated rings. The van der Waals surface area contributed by atoms with Gasteiger partial charge in [0.2, 0.25) is 0 Å². The Kier molecular flexibility index (Phi) is 3.47. The maximum Gasteiger partial charge on any atom is 0.328 e. The van der Waals surface area contributed by atoms with Crippen LogP contribution in [-0.2, 0) is 6.54 Å². The normalized spacial score (nSPS) is 10.6. The van der Waals surface area contributed by atoms with Gasteiger partial charge in [0.05, 0.1) is 6.54 Å². The summed E-state index contributed by atoms with van der Waals surface area (Å²) in [5, 5.41) is 0. The largest absolute Gasteiger partial charge is 0.328 e. The van der Waals surface area contributed by atoms with Gasteiger partial charge in [-0.05, 0) is 28.9 Å². The molecule has 0 aliphatic carbocycles. The smallest absolute Gasteiger partial charge is 0.292 e. The van der Waals surface area contributed by atoms with Gasteiger partial charge in [0.15, 0.2) is 0 Å². The summed E-state index contributed by atoms with van der Waals surface area (Å²) in [6, 6.07) is 6.20. The molecule has 0 amide bonds. The van der Waals surface area contributed by atoms with E-state index in [0.29, 0.717) is 11.3 Å². The van der Waals surface area contributed by atoms with E-state index in [1.807, 2.05) is 0 Å². The number of halogens is 2. The first-order valence-corrected chi connectivity index (χ1v) is 6.02. The lowest BCUT2D eigenvalue weighted by Crippen LogP contribution is -2.32. The van der Waals surface area contributed by atoms with Crippen molar-refractivity contribution >= 4 is 15.9 Å². The van der Waals surface area contributed by atoms with Gasteiger partial charge in [0.25, 0.3) is 5.56 Å². The van der Waals surface area contributed by atoms with Gasteiger partial charge in [0.1, 0.15) is 10.3 Å². The van der Waals surface area contributed by atoms with E-state index in [-0.39, 0.29) is 16.8 Å². The summed E-state index contributed by atoms with van der Waals surface area (Å²) in [6.45, 7) is 1.70. The first-order valence-electron chi connectivity index (χ1n) is 5.23. The van der Waals surface area contributed by atoms with Crippen LogP contribution in [0.5, 0.6) is 0 Å². The zero-order valence-corrected chi connectivity index (χ0v) is 11.1. The highest BCUT2D eigenvalue weighted by Crippen LogP contribution is 2.11. The van der Waals surface area contributed by atoms with Crippen LogP contribution in [0.15, 0.2) is 38.3 Å². The van der Waals surface area contributed by atoms with Crippen molar-refractivity contribution in [1.82, 2.24) is 9.55 Å². The summed E-state index contributed by atoms with van der Waals surface area (Å²) in [6.07, 6.45) is 0. The van der Waals surface area contributed by atoms with Crippen molar-refractivity contribution in [3.05, 3.63) is 66.7 Å². The summed E-state index contributed by atoms with van der Waals surface area (Å²) < 4.78 is 15.1. The minimum atomic E-state index is -0.552. The number of rotatable bonds is 2. The third-order valence-corrected chi connectivity index (χ3v) is 3.61. The Bertz CT molecular complexity index is 706. The molecule has 6 heteroatoms. The van der Waals surface area contributed by atoms with E-state index in [9.17, 15) is 14.0 Å². The number of nitrogens with one attached hydrogen (secondary N) is 1. The Labute approximate surface area is 110 Å². The number of hydrogen-bond acceptors (Lipinski definition) is 2. The van der Waals surface area contributed by atoms with Gasteiger partial charge in [-0.2, -0.15) is 0 Å². The van der Waals surface area contributed by atoms with Crippen molar-refractivity contribution in [3.63, 3.8) is 0 Å². The minimum absolute atomic E-state index is 0.0761. The second-order valence-corrected chi connectivity index (χ2v) is 4.63. The third-order valence-electron chi connectivity index (χ3n) is 2.67. The molecule has 0 aliphatic rings. The van der Waals surface area contributed by atoms with Crippen LogP contribution in [-0.4, -0.2) is 9.55 Å². The monoisotopic (exact) mass is 312 g/mol. The van der Waals surface area contributed by atoms with E-state index >= 15 is 0 Å². The average Bonchev–Trinajstić information content (AvgIpc) is 2.34. The average molecular weight is 313 g/mol. The maximum atomic E-state index is 13.5. The van der Waals surface area contributed by atoms with Crippen molar-refractivity contribution in [2.24, 2.45) is 0 Å². The van der Waals surface area contributed by atoms with Crippen molar-refractivity contribution in [3.8, 4) is 0 Å². The fourth-order valence-electron chi connectivity index (χ4n) is 1.64. The van der Waals surface area contributed by atoms with Gasteiger partial charge >= 0.3 is 5.69 Å². The van der Waals surface area contributed by atoms with E-state index in [1.54, 1.807) is 25.1 Å². The van der Waals surface area contributed by atoms with Crippen molar-refractivity contribution in [2.75, 3.05) is 0 Å². The number of aromatic amines is 1. The predicted molar refractivity (Wildman–Crippen MR) is 69.3 cm³/mol. The Hall–Kier alpha value is -1.69. The molecule has 0 aliphatic heterocycles. The van der Waals surface area contributed by atoms with Crippen LogP contribution < -0.4 is 11.2 Å². The predicted octanol–water partition coefficient (Wildman–Crippen LogP) is 1.79. The highest BCUT2D eigenvalue weighted by Gasteiger charge is 2.10. The Morgan fingerprint density at radius 2 is 2.00 bits per heavy atom. The van der Waals surface area contributed by atoms with Crippen LogP contribution in [0.2, 0.25) is 0 Å². The second-order valence-electron chi connectivity index (χ2n) is 3.84. The summed E-state index contributed by atoms with van der Waals surface area (Å²) in [5.74, 6) is -0.383. The maximum absolute atomic E-state index is 13.5. The second kappa shape index (κ2) is 4.89. The van der Waals surface area contributed by atoms with Crippen LogP contribution in [0.3, 0.4) is 0 Å². The van der Waals surface area contributed by atoms with Crippen LogP contribution in [0, 0.1) is 12.7 Å². The Morgan fingerprint density at radius 3 is 2.67 bits per heavy atom. The molecule has 1 heterocycles. The molecule has 0 spiro atoms. The van der Waals surface area contributed by atoms with Crippen molar-refractivity contribution in [2.45, 2.75) is 13.5 Å². The summed E-state index contributed by atoms with van der Waals surface area (Å²) >= 11 is 3.10. The fourth-order valence-corrected chi connectivity index (χ4v) is 1.96. The third kappa shape index (κ3) is 2.28. The SMILES string of the molecule is Cc1c(Br)c(=O)[nH]c(=O)n1Cc1ccccc1F. The molecule has 0 atom stereocenters. The summed E-state index contributed by atoms with van der Waals surface area (Å²) in [5.41, 5.74) is -0.181. The minimum Gasteiger partial charge on any atom is -0.292 e. The lowest BCUT2D eigenvalue weighted by Gasteiger charge is -2.10. The van der Waals surface area contributed by atoms with Crippen LogP contribution >= 0.6 is 15.9 Å². The molecule has 0 saturated carbocycles. The molecule has 2 aromatic rings. The molecule has 2 rings (SSSR count). The fraction of sp³-hybridized carbons (Fsp3) is 0.167. The molecule has 94 valence electrons. The van der Waals surface area contributed by atoms with Crippen molar-refractivity contribution in [1.29, 1.82) is 0 Å². The molecule has 0 radical (unpaired) electrons. The quantitative estimate of drug-likeness (QED) is 0.919. The van der Waals surface area contributed by atoms with Gasteiger partial charge in [0, 0.05) is 11.3 Å². The molecule has 0 unspecified atom stereocenters. The molecular formula is C12H10BrFN2O2. The highest BCUT2D eigenvalue weighted by atomic mass is 79.9. The molecular weight excluding hydrogens is 303 g/mol. The van der Waals surface area contributed by atoms with Gasteiger partial charge in [-0.25, -0.2) is 9.18 Å². The van der Waals surface area contributed by atoms with Crippen LogP contribution in [0.4, 0.5) is 4.39 Å². The van der Waals surface area contributed by atoms with E-state index in [1.165, 1.54) is 10.6 Å². The zero-order chi connectivity index (χ0) is 13.3. The summed E-state index contributed by atoms with van der Waals surface area (Å²) in [7, 11) is 0. The number of benzene rings is 1. The van der Waals surface area contributed by atoms with E-state index < -0.39 is 11.2 Å². The number of H-pyrrole nitrogens is 1. The van der Waals surface area contributed by atoms with E-state index in [0.717, 1.165) is 0 Å². The van der Waals surface area contributed by atoms with E-state index in [4.69, 9.17) is 0 Å². The lowest BCUT2D eigenvalue weighted by molar-refractivity contribution is 0.588. The van der Waals surface area contributed by atoms with Crippen molar-refractivity contribution < 1.29 is 4.39 Å². The Morgan fingerprint density at radius 1 is 1.33 bits per heavy atom. The lowest BCUT2D eigenvalue weighted by atomic mass is 10.2. The standard InChI is InChI=1S/C12H10BrFN2O2/c1-7-10(13)11(17)15-12(18)16(7)6-8-4-2-3-5-9(8)14/h2-5H,6H2,1H3,(H,15,17,18). The molecule has 0 saturated heterocycles. The van der Waals surface area contributed by atoms with Gasteiger partial charge in [-0.15, -0.1) is 0 Å². The molecule has 18 heavy (non-hydrogen) atoms. The first kappa shape index (κ1) is 12.8. The molecule has 1 N–H and O–H groups in total. The van der Waals surface area contributed by atoms with Gasteiger partial charge in [-0.3, -0.25) is 14.3 Å². The zero-order valence-electron chi connectivity index (χ0n) is 9.54. The molecule has 1 aromatic carbocycles. The van der Waals surface area contributed by atoms with Crippen LogP contribution in [0.1, 0.15) is 11.3 Å². The highest BCUT2D eigenvalue weighted by molar-refractivity contribution is 9.10.